The molecule has 0 aromatic heterocycles. The van der Waals surface area contributed by atoms with Crippen LogP contribution in [0.2, 0.25) is 0 Å². The van der Waals surface area contributed by atoms with Crippen LogP contribution in [0.3, 0.4) is 0 Å². The highest BCUT2D eigenvalue weighted by Gasteiger charge is 2.12. The van der Waals surface area contributed by atoms with Crippen LogP contribution >= 0.6 is 0 Å². The fourth-order valence-corrected chi connectivity index (χ4v) is 1.73. The minimum atomic E-state index is -0.544. The predicted molar refractivity (Wildman–Crippen MR) is 70.1 cm³/mol. The molecule has 0 atom stereocenters. The van der Waals surface area contributed by atoms with Gasteiger partial charge in [-0.2, -0.15) is 5.26 Å². The van der Waals surface area contributed by atoms with Gasteiger partial charge < -0.3 is 14.6 Å². The molecule has 2 aromatic carbocycles. The summed E-state index contributed by atoms with van der Waals surface area (Å²) in [4.78, 5) is 0. The molecular weight excluding hydrogens is 261 g/mol. The van der Waals surface area contributed by atoms with Gasteiger partial charge in [-0.05, 0) is 24.3 Å². The van der Waals surface area contributed by atoms with E-state index in [2.05, 4.69) is 0 Å². The maximum atomic E-state index is 13.5. The molecule has 1 N–H and O–H groups in total. The van der Waals surface area contributed by atoms with Crippen LogP contribution in [0.4, 0.5) is 4.39 Å². The summed E-state index contributed by atoms with van der Waals surface area (Å²) in [5.74, 6) is 0.358. The molecular formula is C15H12FNO3. The first-order valence-corrected chi connectivity index (χ1v) is 5.84. The molecule has 0 heterocycles. The zero-order valence-electron chi connectivity index (χ0n) is 10.8. The summed E-state index contributed by atoms with van der Waals surface area (Å²) in [5.41, 5.74) is 0.495. The van der Waals surface area contributed by atoms with E-state index in [-0.39, 0.29) is 11.3 Å². The van der Waals surface area contributed by atoms with Gasteiger partial charge in [-0.3, -0.25) is 0 Å². The van der Waals surface area contributed by atoms with Gasteiger partial charge in [0.1, 0.15) is 11.6 Å². The summed E-state index contributed by atoms with van der Waals surface area (Å²) in [6.07, 6.45) is 0. The minimum Gasteiger partial charge on any atom is -0.493 e. The highest BCUT2D eigenvalue weighted by Crippen LogP contribution is 2.34. The maximum absolute atomic E-state index is 13.5. The number of rotatable bonds is 4. The van der Waals surface area contributed by atoms with Crippen LogP contribution in [0.1, 0.15) is 11.1 Å². The van der Waals surface area contributed by atoms with E-state index in [0.29, 0.717) is 17.1 Å². The molecule has 0 aliphatic rings. The Morgan fingerprint density at radius 3 is 2.65 bits per heavy atom. The second kappa shape index (κ2) is 6.04. The smallest absolute Gasteiger partial charge is 0.169 e. The molecule has 0 spiro atoms. The molecule has 0 amide bonds. The molecule has 0 radical (unpaired) electrons. The number of nitriles is 1. The van der Waals surface area contributed by atoms with Gasteiger partial charge in [0, 0.05) is 6.07 Å². The molecule has 102 valence electrons. The van der Waals surface area contributed by atoms with Crippen molar-refractivity contribution in [1.29, 1.82) is 5.26 Å². The predicted octanol–water partition coefficient (Wildman–Crippen LogP) is 2.99. The summed E-state index contributed by atoms with van der Waals surface area (Å²) < 4.78 is 24.2. The average Bonchev–Trinajstić information content (AvgIpc) is 2.48. The van der Waals surface area contributed by atoms with Gasteiger partial charge in [-0.1, -0.05) is 6.07 Å². The first-order valence-electron chi connectivity index (χ1n) is 5.84. The van der Waals surface area contributed by atoms with E-state index < -0.39 is 12.4 Å². The lowest BCUT2D eigenvalue weighted by atomic mass is 10.2. The Labute approximate surface area is 115 Å². The van der Waals surface area contributed by atoms with E-state index >= 15 is 0 Å². The van der Waals surface area contributed by atoms with Crippen molar-refractivity contribution in [3.05, 3.63) is 53.3 Å². The van der Waals surface area contributed by atoms with Gasteiger partial charge in [-0.25, -0.2) is 4.39 Å². The van der Waals surface area contributed by atoms with Crippen LogP contribution in [0.15, 0.2) is 36.4 Å². The molecule has 20 heavy (non-hydrogen) atoms. The van der Waals surface area contributed by atoms with Gasteiger partial charge in [0.15, 0.2) is 11.5 Å². The molecule has 0 unspecified atom stereocenters. The minimum absolute atomic E-state index is 0.0684. The number of ether oxygens (including phenoxy) is 2. The van der Waals surface area contributed by atoms with E-state index in [1.165, 1.54) is 25.3 Å². The van der Waals surface area contributed by atoms with Crippen LogP contribution in [0, 0.1) is 17.1 Å². The third-order valence-electron chi connectivity index (χ3n) is 2.75. The molecule has 2 rings (SSSR count). The Hall–Kier alpha value is -2.58. The maximum Gasteiger partial charge on any atom is 0.169 e. The first kappa shape index (κ1) is 13.8. The van der Waals surface area contributed by atoms with Gasteiger partial charge in [0.2, 0.25) is 0 Å². The van der Waals surface area contributed by atoms with Crippen LogP contribution in [-0.4, -0.2) is 12.2 Å². The van der Waals surface area contributed by atoms with Crippen molar-refractivity contribution in [2.24, 2.45) is 0 Å². The van der Waals surface area contributed by atoms with E-state index in [0.717, 1.165) is 0 Å². The number of hydrogen-bond acceptors (Lipinski definition) is 4. The molecule has 0 saturated carbocycles. The lowest BCUT2D eigenvalue weighted by Gasteiger charge is -2.13. The molecule has 2 aromatic rings. The van der Waals surface area contributed by atoms with E-state index in [9.17, 15) is 9.50 Å². The van der Waals surface area contributed by atoms with Crippen LogP contribution in [0.5, 0.6) is 17.2 Å². The van der Waals surface area contributed by atoms with Crippen molar-refractivity contribution in [1.82, 2.24) is 0 Å². The van der Waals surface area contributed by atoms with Crippen molar-refractivity contribution < 1.29 is 19.0 Å². The van der Waals surface area contributed by atoms with E-state index in [1.807, 2.05) is 6.07 Å². The van der Waals surface area contributed by atoms with Crippen LogP contribution < -0.4 is 9.47 Å². The molecule has 0 saturated heterocycles. The first-order chi connectivity index (χ1) is 9.69. The second-order valence-electron chi connectivity index (χ2n) is 3.95. The summed E-state index contributed by atoms with van der Waals surface area (Å²) in [6, 6.07) is 10.9. The van der Waals surface area contributed by atoms with Gasteiger partial charge in [0.25, 0.3) is 0 Å². The topological polar surface area (TPSA) is 62.5 Å². The highest BCUT2D eigenvalue weighted by molar-refractivity contribution is 5.49. The number of halogens is 1. The van der Waals surface area contributed by atoms with Crippen LogP contribution in [-0.2, 0) is 6.61 Å². The summed E-state index contributed by atoms with van der Waals surface area (Å²) in [7, 11) is 1.45. The molecule has 0 bridgehead atoms. The highest BCUT2D eigenvalue weighted by atomic mass is 19.1. The van der Waals surface area contributed by atoms with Crippen LogP contribution in [0.25, 0.3) is 0 Å². The summed E-state index contributed by atoms with van der Waals surface area (Å²) in [5, 5.41) is 18.0. The van der Waals surface area contributed by atoms with Crippen molar-refractivity contribution in [2.45, 2.75) is 6.61 Å². The van der Waals surface area contributed by atoms with Gasteiger partial charge >= 0.3 is 0 Å². The number of nitrogens with zero attached hydrogens (tertiary/aromatic N) is 1. The Morgan fingerprint density at radius 1 is 1.20 bits per heavy atom. The standard InChI is InChI=1S/C15H12FNO3/c1-19-15-7-10(8-17)5-6-14(15)20-13-4-2-3-12(16)11(13)9-18/h2-7,18H,9H2,1H3. The molecule has 0 aliphatic carbocycles. The number of methoxy groups -OCH3 is 1. The number of aliphatic hydroxyl groups excluding tert-OH is 1. The SMILES string of the molecule is COc1cc(C#N)ccc1Oc1cccc(F)c1CO. The normalized spacial score (nSPS) is 9.90. The Morgan fingerprint density at radius 2 is 2.00 bits per heavy atom. The number of aliphatic hydroxyl groups is 1. The zero-order chi connectivity index (χ0) is 14.5. The van der Waals surface area contributed by atoms with Gasteiger partial charge in [-0.15, -0.1) is 0 Å². The lowest BCUT2D eigenvalue weighted by Crippen LogP contribution is -1.97. The molecule has 0 fully saturated rings. The molecule has 4 nitrogen and oxygen atoms in total. The lowest BCUT2D eigenvalue weighted by molar-refractivity contribution is 0.269. The third-order valence-corrected chi connectivity index (χ3v) is 2.75. The molecule has 0 aliphatic heterocycles. The second-order valence-corrected chi connectivity index (χ2v) is 3.95. The number of benzene rings is 2. The van der Waals surface area contributed by atoms with E-state index in [4.69, 9.17) is 14.7 Å². The third kappa shape index (κ3) is 2.71. The fourth-order valence-electron chi connectivity index (χ4n) is 1.73. The summed E-state index contributed by atoms with van der Waals surface area (Å²) >= 11 is 0. The Bertz CT molecular complexity index is 665. The fraction of sp³-hybridized carbons (Fsp3) is 0.133. The van der Waals surface area contributed by atoms with Gasteiger partial charge in [0.05, 0.1) is 30.9 Å². The number of hydrogen-bond donors (Lipinski definition) is 1. The average molecular weight is 273 g/mol. The van der Waals surface area contributed by atoms with Crippen molar-refractivity contribution in [3.8, 4) is 23.3 Å². The van der Waals surface area contributed by atoms with Crippen molar-refractivity contribution in [3.63, 3.8) is 0 Å². The Kier molecular flexibility index (Phi) is 4.18. The van der Waals surface area contributed by atoms with Crippen molar-refractivity contribution >= 4 is 0 Å². The van der Waals surface area contributed by atoms with E-state index in [1.54, 1.807) is 18.2 Å². The monoisotopic (exact) mass is 273 g/mol. The zero-order valence-corrected chi connectivity index (χ0v) is 10.8. The molecule has 5 heteroatoms. The summed E-state index contributed by atoms with van der Waals surface area (Å²) in [6.45, 7) is -0.472. The Balaban J connectivity index is 2.40. The largest absolute Gasteiger partial charge is 0.493 e. The van der Waals surface area contributed by atoms with Crippen molar-refractivity contribution in [2.75, 3.05) is 7.11 Å². The quantitative estimate of drug-likeness (QED) is 0.930.